The number of hydrogen-bond acceptors (Lipinski definition) is 4. The number of hydrogen-bond donors (Lipinski definition) is 3. The van der Waals surface area contributed by atoms with Crippen molar-refractivity contribution < 1.29 is 9.59 Å². The van der Waals surface area contributed by atoms with Crippen LogP contribution in [0.2, 0.25) is 0 Å². The molecule has 24 heavy (non-hydrogen) atoms. The number of nitrogens with one attached hydrogen (secondary N) is 3. The maximum Gasteiger partial charge on any atom is 0.274 e. The van der Waals surface area contributed by atoms with E-state index in [0.29, 0.717) is 17.9 Å². The Morgan fingerprint density at radius 3 is 2.88 bits per heavy atom. The fourth-order valence-corrected chi connectivity index (χ4v) is 2.67. The van der Waals surface area contributed by atoms with Crippen molar-refractivity contribution in [2.24, 2.45) is 0 Å². The monoisotopic (exact) mass is 324 g/mol. The molecule has 1 saturated heterocycles. The third-order valence-electron chi connectivity index (χ3n) is 3.93. The van der Waals surface area contributed by atoms with Crippen LogP contribution in [0.25, 0.3) is 0 Å². The van der Waals surface area contributed by atoms with Crippen molar-refractivity contribution in [3.05, 3.63) is 59.9 Å². The predicted octanol–water partition coefficient (Wildman–Crippen LogP) is 1.70. The van der Waals surface area contributed by atoms with E-state index in [2.05, 4.69) is 20.9 Å². The molecule has 6 heteroatoms. The lowest BCUT2D eigenvalue weighted by Gasteiger charge is -2.12. The highest BCUT2D eigenvalue weighted by molar-refractivity contribution is 6.02. The van der Waals surface area contributed by atoms with Gasteiger partial charge in [-0.15, -0.1) is 0 Å². The van der Waals surface area contributed by atoms with Crippen molar-refractivity contribution in [2.75, 3.05) is 11.9 Å². The molecule has 6 nitrogen and oxygen atoms in total. The van der Waals surface area contributed by atoms with Crippen molar-refractivity contribution in [1.29, 1.82) is 0 Å². The van der Waals surface area contributed by atoms with Crippen LogP contribution in [0.15, 0.2) is 48.7 Å². The number of rotatable bonds is 5. The van der Waals surface area contributed by atoms with E-state index in [1.807, 2.05) is 24.3 Å². The molecule has 1 fully saturated rings. The van der Waals surface area contributed by atoms with Gasteiger partial charge in [-0.2, -0.15) is 0 Å². The smallest absolute Gasteiger partial charge is 0.274 e. The van der Waals surface area contributed by atoms with Crippen LogP contribution in [0, 0.1) is 0 Å². The average molecular weight is 324 g/mol. The summed E-state index contributed by atoms with van der Waals surface area (Å²) >= 11 is 0. The number of carbonyl (C=O) groups is 2. The second-order valence-electron chi connectivity index (χ2n) is 5.74. The summed E-state index contributed by atoms with van der Waals surface area (Å²) in [4.78, 5) is 28.2. The van der Waals surface area contributed by atoms with E-state index in [1.165, 1.54) is 0 Å². The Hall–Kier alpha value is -2.73. The largest absolute Gasteiger partial charge is 0.351 e. The second kappa shape index (κ2) is 7.70. The van der Waals surface area contributed by atoms with Gasteiger partial charge in [0, 0.05) is 18.4 Å². The molecular formula is C18H20N4O2. The summed E-state index contributed by atoms with van der Waals surface area (Å²) in [6.07, 6.45) is 3.50. The van der Waals surface area contributed by atoms with Gasteiger partial charge in [-0.05, 0) is 49.2 Å². The van der Waals surface area contributed by atoms with E-state index in [-0.39, 0.29) is 17.9 Å². The number of anilines is 1. The van der Waals surface area contributed by atoms with Gasteiger partial charge in [0.15, 0.2) is 0 Å². The third-order valence-corrected chi connectivity index (χ3v) is 3.93. The summed E-state index contributed by atoms with van der Waals surface area (Å²) in [5, 5.41) is 8.91. The molecule has 1 unspecified atom stereocenters. The number of carbonyl (C=O) groups excluding carboxylic acids is 2. The van der Waals surface area contributed by atoms with Crippen LogP contribution in [-0.2, 0) is 11.3 Å². The molecule has 124 valence electrons. The van der Waals surface area contributed by atoms with Crippen molar-refractivity contribution in [1.82, 2.24) is 15.6 Å². The SMILES string of the molecule is O=C(Nc1cccc(CNC(=O)C2CCCN2)c1)c1ccccn1. The van der Waals surface area contributed by atoms with Crippen LogP contribution in [0.4, 0.5) is 5.69 Å². The first kappa shape index (κ1) is 16.1. The van der Waals surface area contributed by atoms with E-state index in [4.69, 9.17) is 0 Å². The van der Waals surface area contributed by atoms with Crippen molar-refractivity contribution in [3.63, 3.8) is 0 Å². The van der Waals surface area contributed by atoms with Crippen molar-refractivity contribution >= 4 is 17.5 Å². The maximum absolute atomic E-state index is 12.1. The topological polar surface area (TPSA) is 83.1 Å². The van der Waals surface area contributed by atoms with Crippen LogP contribution in [-0.4, -0.2) is 29.4 Å². The standard InChI is InChI=1S/C18H20N4O2/c23-17(15-8-4-10-20-15)21-12-13-5-3-6-14(11-13)22-18(24)16-7-1-2-9-19-16/h1-3,5-7,9,11,15,20H,4,8,10,12H2,(H,21,23)(H,22,24). The van der Waals surface area contributed by atoms with E-state index >= 15 is 0 Å². The highest BCUT2D eigenvalue weighted by Gasteiger charge is 2.21. The summed E-state index contributed by atoms with van der Waals surface area (Å²) in [6.45, 7) is 1.33. The molecular weight excluding hydrogens is 304 g/mol. The van der Waals surface area contributed by atoms with E-state index in [1.54, 1.807) is 24.4 Å². The lowest BCUT2D eigenvalue weighted by atomic mass is 10.1. The lowest BCUT2D eigenvalue weighted by Crippen LogP contribution is -2.40. The molecule has 1 aromatic carbocycles. The molecule has 1 aliphatic rings. The minimum atomic E-state index is -0.257. The first-order valence-electron chi connectivity index (χ1n) is 8.05. The zero-order chi connectivity index (χ0) is 16.8. The van der Waals surface area contributed by atoms with E-state index < -0.39 is 0 Å². The maximum atomic E-state index is 12.1. The van der Waals surface area contributed by atoms with Gasteiger partial charge in [0.1, 0.15) is 5.69 Å². The highest BCUT2D eigenvalue weighted by atomic mass is 16.2. The Morgan fingerprint density at radius 1 is 1.21 bits per heavy atom. The number of benzene rings is 1. The quantitative estimate of drug-likeness (QED) is 0.782. The molecule has 3 rings (SSSR count). The van der Waals surface area contributed by atoms with Crippen LogP contribution >= 0.6 is 0 Å². The lowest BCUT2D eigenvalue weighted by molar-refractivity contribution is -0.122. The van der Waals surface area contributed by atoms with Crippen LogP contribution < -0.4 is 16.0 Å². The first-order valence-corrected chi connectivity index (χ1v) is 8.05. The first-order chi connectivity index (χ1) is 11.7. The van der Waals surface area contributed by atoms with Gasteiger partial charge in [-0.25, -0.2) is 0 Å². The molecule has 2 amide bonds. The molecule has 1 aliphatic heterocycles. The van der Waals surface area contributed by atoms with Crippen molar-refractivity contribution in [2.45, 2.75) is 25.4 Å². The fourth-order valence-electron chi connectivity index (χ4n) is 2.67. The minimum absolute atomic E-state index is 0.0235. The summed E-state index contributed by atoms with van der Waals surface area (Å²) < 4.78 is 0. The highest BCUT2D eigenvalue weighted by Crippen LogP contribution is 2.12. The molecule has 0 spiro atoms. The van der Waals surface area contributed by atoms with E-state index in [9.17, 15) is 9.59 Å². The Kier molecular flexibility index (Phi) is 5.18. The Balaban J connectivity index is 1.57. The summed E-state index contributed by atoms with van der Waals surface area (Å²) in [7, 11) is 0. The summed E-state index contributed by atoms with van der Waals surface area (Å²) in [5.41, 5.74) is 1.97. The molecule has 3 N–H and O–H groups in total. The van der Waals surface area contributed by atoms with Crippen molar-refractivity contribution in [3.8, 4) is 0 Å². The average Bonchev–Trinajstić information content (AvgIpc) is 3.15. The normalized spacial score (nSPS) is 16.6. The summed E-state index contributed by atoms with van der Waals surface area (Å²) in [6, 6.07) is 12.5. The zero-order valence-electron chi connectivity index (χ0n) is 13.3. The van der Waals surface area contributed by atoms with Gasteiger partial charge >= 0.3 is 0 Å². The Morgan fingerprint density at radius 2 is 2.12 bits per heavy atom. The molecule has 0 radical (unpaired) electrons. The van der Waals surface area contributed by atoms with Crippen LogP contribution in [0.1, 0.15) is 28.9 Å². The van der Waals surface area contributed by atoms with Gasteiger partial charge < -0.3 is 16.0 Å². The van der Waals surface area contributed by atoms with Gasteiger partial charge in [0.05, 0.1) is 6.04 Å². The molecule has 0 bridgehead atoms. The Labute approximate surface area is 140 Å². The van der Waals surface area contributed by atoms with Gasteiger partial charge in [0.25, 0.3) is 5.91 Å². The fraction of sp³-hybridized carbons (Fsp3) is 0.278. The minimum Gasteiger partial charge on any atom is -0.351 e. The number of nitrogens with zero attached hydrogens (tertiary/aromatic N) is 1. The van der Waals surface area contributed by atoms with Crippen LogP contribution in [0.5, 0.6) is 0 Å². The summed E-state index contributed by atoms with van der Waals surface area (Å²) in [5.74, 6) is -0.234. The van der Waals surface area contributed by atoms with Gasteiger partial charge in [-0.1, -0.05) is 18.2 Å². The number of pyridine rings is 1. The van der Waals surface area contributed by atoms with Crippen LogP contribution in [0.3, 0.4) is 0 Å². The predicted molar refractivity (Wildman–Crippen MR) is 91.5 cm³/mol. The molecule has 1 aromatic heterocycles. The zero-order valence-corrected chi connectivity index (χ0v) is 13.3. The van der Waals surface area contributed by atoms with Gasteiger partial charge in [-0.3, -0.25) is 14.6 Å². The molecule has 0 aliphatic carbocycles. The molecule has 2 aromatic rings. The third kappa shape index (κ3) is 4.17. The molecule has 1 atom stereocenters. The number of aromatic nitrogens is 1. The van der Waals surface area contributed by atoms with E-state index in [0.717, 1.165) is 24.9 Å². The number of amides is 2. The van der Waals surface area contributed by atoms with Gasteiger partial charge in [0.2, 0.25) is 5.91 Å². The second-order valence-corrected chi connectivity index (χ2v) is 5.74. The Bertz CT molecular complexity index is 712. The molecule has 0 saturated carbocycles. The molecule has 2 heterocycles.